The smallest absolute Gasteiger partial charge is 0.223 e. The Balaban J connectivity index is 1.66. The van der Waals surface area contributed by atoms with Gasteiger partial charge in [0.15, 0.2) is 0 Å². The van der Waals surface area contributed by atoms with Crippen molar-refractivity contribution < 1.29 is 4.79 Å². The van der Waals surface area contributed by atoms with Crippen LogP contribution in [-0.2, 0) is 4.79 Å². The molecule has 0 saturated heterocycles. The third-order valence-corrected chi connectivity index (χ3v) is 5.43. The lowest BCUT2D eigenvalue weighted by Crippen LogP contribution is -2.35. The van der Waals surface area contributed by atoms with Gasteiger partial charge >= 0.3 is 0 Å². The van der Waals surface area contributed by atoms with Crippen molar-refractivity contribution in [2.45, 2.75) is 38.6 Å². The molecule has 2 fully saturated rings. The molecule has 4 atom stereocenters. The minimum Gasteiger partial charge on any atom is -0.349 e. The molecule has 1 N–H and O–H groups in total. The summed E-state index contributed by atoms with van der Waals surface area (Å²) in [7, 11) is 0. The van der Waals surface area contributed by atoms with Gasteiger partial charge in [-0.15, -0.1) is 0 Å². The fourth-order valence-corrected chi connectivity index (χ4v) is 4.39. The Morgan fingerprint density at radius 2 is 2.10 bits per heavy atom. The topological polar surface area (TPSA) is 29.1 Å². The highest BCUT2D eigenvalue weighted by Gasteiger charge is 2.43. The lowest BCUT2D eigenvalue weighted by atomic mass is 9.88. The Hall–Kier alpha value is -0.730. The van der Waals surface area contributed by atoms with E-state index in [9.17, 15) is 4.79 Å². The van der Waals surface area contributed by atoms with Crippen molar-refractivity contribution >= 4 is 29.1 Å². The van der Waals surface area contributed by atoms with E-state index in [4.69, 9.17) is 23.2 Å². The molecule has 0 heterocycles. The zero-order chi connectivity index (χ0) is 14.3. The Morgan fingerprint density at radius 3 is 2.70 bits per heavy atom. The number of rotatable bonds is 3. The zero-order valence-corrected chi connectivity index (χ0v) is 13.0. The van der Waals surface area contributed by atoms with Gasteiger partial charge in [0.05, 0.1) is 6.04 Å². The minimum absolute atomic E-state index is 0.0774. The van der Waals surface area contributed by atoms with Gasteiger partial charge in [-0.05, 0) is 55.7 Å². The Bertz CT molecular complexity index is 531. The first-order valence-electron chi connectivity index (χ1n) is 7.30. The Morgan fingerprint density at radius 1 is 1.30 bits per heavy atom. The number of fused-ring (bicyclic) bond motifs is 2. The highest BCUT2D eigenvalue weighted by molar-refractivity contribution is 6.35. The molecule has 2 saturated carbocycles. The summed E-state index contributed by atoms with van der Waals surface area (Å²) in [5.41, 5.74) is 0.924. The summed E-state index contributed by atoms with van der Waals surface area (Å²) < 4.78 is 0. The van der Waals surface area contributed by atoms with Crippen molar-refractivity contribution in [3.63, 3.8) is 0 Å². The van der Waals surface area contributed by atoms with E-state index in [-0.39, 0.29) is 17.9 Å². The van der Waals surface area contributed by atoms with Gasteiger partial charge in [-0.3, -0.25) is 4.79 Å². The number of halogens is 2. The first-order chi connectivity index (χ1) is 9.54. The van der Waals surface area contributed by atoms with E-state index in [1.54, 1.807) is 6.07 Å². The second-order valence-corrected chi connectivity index (χ2v) is 7.02. The summed E-state index contributed by atoms with van der Waals surface area (Å²) in [5.74, 6) is 1.79. The predicted molar refractivity (Wildman–Crippen MR) is 82.0 cm³/mol. The molecule has 2 aliphatic rings. The maximum absolute atomic E-state index is 12.4. The van der Waals surface area contributed by atoms with Gasteiger partial charge < -0.3 is 5.32 Å². The van der Waals surface area contributed by atoms with Crippen molar-refractivity contribution in [3.05, 3.63) is 33.8 Å². The molecule has 1 aromatic carbocycles. The number of benzene rings is 1. The largest absolute Gasteiger partial charge is 0.349 e. The van der Waals surface area contributed by atoms with Crippen molar-refractivity contribution in [2.75, 3.05) is 0 Å². The Kier molecular flexibility index (Phi) is 3.96. The SMILES string of the molecule is CC(NC(=O)C1CC2CCC1C2)c1ccc(Cl)cc1Cl. The zero-order valence-electron chi connectivity index (χ0n) is 11.5. The number of carbonyl (C=O) groups excluding carboxylic acids is 1. The summed E-state index contributed by atoms with van der Waals surface area (Å²) in [5, 5.41) is 4.34. The van der Waals surface area contributed by atoms with E-state index in [1.807, 2.05) is 19.1 Å². The molecular weight excluding hydrogens is 293 g/mol. The first-order valence-corrected chi connectivity index (χ1v) is 8.05. The van der Waals surface area contributed by atoms with E-state index >= 15 is 0 Å². The van der Waals surface area contributed by atoms with Crippen molar-refractivity contribution in [2.24, 2.45) is 17.8 Å². The number of hydrogen-bond acceptors (Lipinski definition) is 1. The van der Waals surface area contributed by atoms with E-state index in [0.29, 0.717) is 16.0 Å². The van der Waals surface area contributed by atoms with Crippen molar-refractivity contribution in [3.8, 4) is 0 Å². The van der Waals surface area contributed by atoms with Gasteiger partial charge in [-0.25, -0.2) is 0 Å². The Labute approximate surface area is 129 Å². The third kappa shape index (κ3) is 2.68. The van der Waals surface area contributed by atoms with Crippen LogP contribution < -0.4 is 5.32 Å². The second-order valence-electron chi connectivity index (χ2n) is 6.18. The van der Waals surface area contributed by atoms with Crippen LogP contribution in [0.5, 0.6) is 0 Å². The number of amides is 1. The summed E-state index contributed by atoms with van der Waals surface area (Å²) in [6, 6.07) is 5.34. The van der Waals surface area contributed by atoms with E-state index in [2.05, 4.69) is 5.32 Å². The minimum atomic E-state index is -0.0774. The third-order valence-electron chi connectivity index (χ3n) is 4.86. The molecule has 1 amide bonds. The summed E-state index contributed by atoms with van der Waals surface area (Å²) in [6.07, 6.45) is 4.84. The number of carbonyl (C=O) groups is 1. The molecule has 0 aliphatic heterocycles. The van der Waals surface area contributed by atoms with Crippen LogP contribution in [-0.4, -0.2) is 5.91 Å². The summed E-state index contributed by atoms with van der Waals surface area (Å²) >= 11 is 12.1. The van der Waals surface area contributed by atoms with E-state index in [0.717, 1.165) is 17.9 Å². The van der Waals surface area contributed by atoms with Gasteiger partial charge in [0, 0.05) is 16.0 Å². The standard InChI is InChI=1S/C16H19Cl2NO/c1-9(13-5-4-12(17)8-15(13)18)19-16(20)14-7-10-2-3-11(14)6-10/h4-5,8-11,14H,2-3,6-7H2,1H3,(H,19,20). The molecule has 1 aromatic rings. The van der Waals surface area contributed by atoms with Gasteiger partial charge in [0.2, 0.25) is 5.91 Å². The van der Waals surface area contributed by atoms with Crippen LogP contribution in [0.15, 0.2) is 18.2 Å². The maximum Gasteiger partial charge on any atom is 0.223 e. The van der Waals surface area contributed by atoms with Gasteiger partial charge in [0.1, 0.15) is 0 Å². The predicted octanol–water partition coefficient (Wildman–Crippen LogP) is 4.61. The van der Waals surface area contributed by atoms with Gasteiger partial charge in [0.25, 0.3) is 0 Å². The molecule has 4 unspecified atom stereocenters. The molecule has 2 aliphatic carbocycles. The van der Waals surface area contributed by atoms with Crippen LogP contribution in [0.4, 0.5) is 0 Å². The monoisotopic (exact) mass is 311 g/mol. The molecule has 0 aromatic heterocycles. The fourth-order valence-electron chi connectivity index (χ4n) is 3.82. The normalized spacial score (nSPS) is 29.4. The first kappa shape index (κ1) is 14.2. The van der Waals surface area contributed by atoms with E-state index in [1.165, 1.54) is 19.3 Å². The van der Waals surface area contributed by atoms with Crippen LogP contribution in [0.1, 0.15) is 44.2 Å². The molecule has 2 bridgehead atoms. The van der Waals surface area contributed by atoms with Crippen molar-refractivity contribution in [1.82, 2.24) is 5.32 Å². The van der Waals surface area contributed by atoms with Crippen LogP contribution >= 0.6 is 23.2 Å². The second kappa shape index (κ2) is 5.57. The quantitative estimate of drug-likeness (QED) is 0.868. The molecule has 4 heteroatoms. The average molecular weight is 312 g/mol. The molecule has 0 radical (unpaired) electrons. The maximum atomic E-state index is 12.4. The van der Waals surface area contributed by atoms with Crippen LogP contribution in [0.25, 0.3) is 0 Å². The molecule has 108 valence electrons. The van der Waals surface area contributed by atoms with Crippen LogP contribution in [0.3, 0.4) is 0 Å². The molecule has 20 heavy (non-hydrogen) atoms. The van der Waals surface area contributed by atoms with E-state index < -0.39 is 0 Å². The van der Waals surface area contributed by atoms with Crippen LogP contribution in [0.2, 0.25) is 10.0 Å². The lowest BCUT2D eigenvalue weighted by Gasteiger charge is -2.24. The molecule has 0 spiro atoms. The van der Waals surface area contributed by atoms with Gasteiger partial charge in [-0.2, -0.15) is 0 Å². The summed E-state index contributed by atoms with van der Waals surface area (Å²) in [6.45, 7) is 1.97. The van der Waals surface area contributed by atoms with Gasteiger partial charge in [-0.1, -0.05) is 35.7 Å². The fraction of sp³-hybridized carbons (Fsp3) is 0.562. The van der Waals surface area contributed by atoms with Crippen LogP contribution in [0, 0.1) is 17.8 Å². The molecular formula is C16H19Cl2NO. The number of nitrogens with one attached hydrogen (secondary N) is 1. The molecule has 3 rings (SSSR count). The highest BCUT2D eigenvalue weighted by atomic mass is 35.5. The van der Waals surface area contributed by atoms with Crippen molar-refractivity contribution in [1.29, 1.82) is 0 Å². The number of hydrogen-bond donors (Lipinski definition) is 1. The average Bonchev–Trinajstić information content (AvgIpc) is 3.00. The highest BCUT2D eigenvalue weighted by Crippen LogP contribution is 2.48. The molecule has 2 nitrogen and oxygen atoms in total. The summed E-state index contributed by atoms with van der Waals surface area (Å²) in [4.78, 5) is 12.4. The lowest BCUT2D eigenvalue weighted by molar-refractivity contribution is -0.127.